The number of likely N-dealkylation sites (N-methyl/N-ethyl adjacent to an activating group) is 1. The quantitative estimate of drug-likeness (QED) is 0.681. The predicted octanol–water partition coefficient (Wildman–Crippen LogP) is 0.570. The average molecular weight is 215 g/mol. The van der Waals surface area contributed by atoms with Crippen LogP contribution in [0, 0.1) is 0 Å². The zero-order chi connectivity index (χ0) is 12.1. The van der Waals surface area contributed by atoms with Crippen LogP contribution in [-0.2, 0) is 4.79 Å². The molecule has 0 aliphatic rings. The number of amides is 1. The number of nitrogens with zero attached hydrogens (tertiary/aromatic N) is 1. The van der Waals surface area contributed by atoms with E-state index in [9.17, 15) is 4.79 Å². The minimum Gasteiger partial charge on any atom is -0.359 e. The summed E-state index contributed by atoms with van der Waals surface area (Å²) in [5.41, 5.74) is 5.79. The van der Waals surface area contributed by atoms with E-state index in [0.717, 1.165) is 6.42 Å². The van der Waals surface area contributed by atoms with Crippen LogP contribution in [0.4, 0.5) is 0 Å². The molecule has 1 unspecified atom stereocenters. The number of rotatable bonds is 6. The molecular formula is C11H25N3O. The van der Waals surface area contributed by atoms with Gasteiger partial charge in [-0.3, -0.25) is 9.69 Å². The molecule has 15 heavy (non-hydrogen) atoms. The summed E-state index contributed by atoms with van der Waals surface area (Å²) >= 11 is 0. The van der Waals surface area contributed by atoms with Crippen LogP contribution in [0.25, 0.3) is 0 Å². The van der Waals surface area contributed by atoms with Gasteiger partial charge in [-0.2, -0.15) is 0 Å². The minimum absolute atomic E-state index is 0.0456. The SMILES string of the molecule is CCC(C)(C)N(C)C(CN)CC(=O)NC. The van der Waals surface area contributed by atoms with E-state index >= 15 is 0 Å². The molecule has 0 radical (unpaired) electrons. The minimum atomic E-state index is 0.0456. The summed E-state index contributed by atoms with van der Waals surface area (Å²) in [6.07, 6.45) is 1.50. The first-order chi connectivity index (χ1) is 6.88. The van der Waals surface area contributed by atoms with Gasteiger partial charge in [0.15, 0.2) is 0 Å². The molecule has 90 valence electrons. The summed E-state index contributed by atoms with van der Waals surface area (Å²) in [6.45, 7) is 6.98. The van der Waals surface area contributed by atoms with Gasteiger partial charge in [-0.05, 0) is 27.3 Å². The van der Waals surface area contributed by atoms with Crippen molar-refractivity contribution in [3.05, 3.63) is 0 Å². The molecule has 0 saturated heterocycles. The number of nitrogens with one attached hydrogen (secondary N) is 1. The molecule has 0 aliphatic carbocycles. The first-order valence-electron chi connectivity index (χ1n) is 5.52. The molecule has 0 saturated carbocycles. The molecule has 0 spiro atoms. The topological polar surface area (TPSA) is 58.4 Å². The molecule has 0 rings (SSSR count). The molecule has 0 heterocycles. The van der Waals surface area contributed by atoms with Crippen molar-refractivity contribution < 1.29 is 4.79 Å². The van der Waals surface area contributed by atoms with Crippen molar-refractivity contribution in [2.75, 3.05) is 20.6 Å². The van der Waals surface area contributed by atoms with Crippen molar-refractivity contribution >= 4 is 5.91 Å². The van der Waals surface area contributed by atoms with Gasteiger partial charge in [-0.15, -0.1) is 0 Å². The van der Waals surface area contributed by atoms with Crippen molar-refractivity contribution in [1.29, 1.82) is 0 Å². The fourth-order valence-corrected chi connectivity index (χ4v) is 1.44. The van der Waals surface area contributed by atoms with Crippen LogP contribution >= 0.6 is 0 Å². The van der Waals surface area contributed by atoms with Crippen molar-refractivity contribution in [1.82, 2.24) is 10.2 Å². The van der Waals surface area contributed by atoms with Gasteiger partial charge in [0, 0.05) is 31.6 Å². The van der Waals surface area contributed by atoms with E-state index < -0.39 is 0 Å². The van der Waals surface area contributed by atoms with Crippen molar-refractivity contribution in [3.8, 4) is 0 Å². The molecule has 4 heteroatoms. The summed E-state index contributed by atoms with van der Waals surface area (Å²) < 4.78 is 0. The van der Waals surface area contributed by atoms with Crippen LogP contribution in [0.3, 0.4) is 0 Å². The number of carbonyl (C=O) groups is 1. The Morgan fingerprint density at radius 2 is 2.07 bits per heavy atom. The van der Waals surface area contributed by atoms with E-state index in [4.69, 9.17) is 5.73 Å². The molecule has 0 aromatic carbocycles. The zero-order valence-corrected chi connectivity index (χ0v) is 10.6. The van der Waals surface area contributed by atoms with Gasteiger partial charge in [0.2, 0.25) is 5.91 Å². The molecule has 0 aromatic heterocycles. The Hall–Kier alpha value is -0.610. The summed E-state index contributed by atoms with van der Waals surface area (Å²) in [5.74, 6) is 0.0456. The van der Waals surface area contributed by atoms with E-state index in [1.807, 2.05) is 7.05 Å². The number of nitrogens with two attached hydrogens (primary N) is 1. The monoisotopic (exact) mass is 215 g/mol. The number of hydrogen-bond donors (Lipinski definition) is 2. The lowest BCUT2D eigenvalue weighted by atomic mass is 9.96. The maximum absolute atomic E-state index is 11.3. The largest absolute Gasteiger partial charge is 0.359 e. The van der Waals surface area contributed by atoms with Crippen LogP contribution in [-0.4, -0.2) is 43.0 Å². The average Bonchev–Trinajstić information content (AvgIpc) is 2.24. The molecule has 3 N–H and O–H groups in total. The van der Waals surface area contributed by atoms with Crippen LogP contribution in [0.5, 0.6) is 0 Å². The second-order valence-electron chi connectivity index (χ2n) is 4.54. The van der Waals surface area contributed by atoms with Crippen LogP contribution < -0.4 is 11.1 Å². The predicted molar refractivity (Wildman–Crippen MR) is 63.7 cm³/mol. The van der Waals surface area contributed by atoms with Gasteiger partial charge < -0.3 is 11.1 Å². The fourth-order valence-electron chi connectivity index (χ4n) is 1.44. The molecule has 0 bridgehead atoms. The third-order valence-corrected chi connectivity index (χ3v) is 3.34. The summed E-state index contributed by atoms with van der Waals surface area (Å²) in [5, 5.41) is 2.63. The van der Waals surface area contributed by atoms with E-state index in [0.29, 0.717) is 13.0 Å². The molecule has 0 aromatic rings. The zero-order valence-electron chi connectivity index (χ0n) is 10.6. The molecule has 1 amide bonds. The normalized spacial score (nSPS) is 14.1. The Labute approximate surface area is 93.2 Å². The van der Waals surface area contributed by atoms with Gasteiger partial charge in [-0.1, -0.05) is 6.92 Å². The highest BCUT2D eigenvalue weighted by molar-refractivity contribution is 5.76. The third-order valence-electron chi connectivity index (χ3n) is 3.34. The first-order valence-corrected chi connectivity index (χ1v) is 5.52. The van der Waals surface area contributed by atoms with Crippen molar-refractivity contribution in [3.63, 3.8) is 0 Å². The number of hydrogen-bond acceptors (Lipinski definition) is 3. The van der Waals surface area contributed by atoms with Gasteiger partial charge in [0.05, 0.1) is 0 Å². The maximum Gasteiger partial charge on any atom is 0.221 e. The van der Waals surface area contributed by atoms with Crippen molar-refractivity contribution in [2.45, 2.75) is 45.2 Å². The Kier molecular flexibility index (Phi) is 5.83. The fraction of sp³-hybridized carbons (Fsp3) is 0.909. The Balaban J connectivity index is 4.46. The standard InChI is InChI=1S/C11H25N3O/c1-6-11(2,3)14(5)9(8-12)7-10(15)13-4/h9H,6-8,12H2,1-5H3,(H,13,15). The lowest BCUT2D eigenvalue weighted by molar-refractivity contribution is -0.122. The van der Waals surface area contributed by atoms with Crippen LogP contribution in [0.1, 0.15) is 33.6 Å². The van der Waals surface area contributed by atoms with E-state index in [1.54, 1.807) is 7.05 Å². The number of carbonyl (C=O) groups excluding carboxylic acids is 1. The molecule has 1 atom stereocenters. The summed E-state index contributed by atoms with van der Waals surface area (Å²) in [4.78, 5) is 13.5. The van der Waals surface area contributed by atoms with Crippen LogP contribution in [0.2, 0.25) is 0 Å². The highest BCUT2D eigenvalue weighted by Gasteiger charge is 2.28. The van der Waals surface area contributed by atoms with Gasteiger partial charge in [0.1, 0.15) is 0 Å². The smallest absolute Gasteiger partial charge is 0.221 e. The molecule has 0 fully saturated rings. The highest BCUT2D eigenvalue weighted by atomic mass is 16.1. The summed E-state index contributed by atoms with van der Waals surface area (Å²) in [6, 6.07) is 0.111. The van der Waals surface area contributed by atoms with Crippen LogP contribution in [0.15, 0.2) is 0 Å². The van der Waals surface area contributed by atoms with Gasteiger partial charge >= 0.3 is 0 Å². The Morgan fingerprint density at radius 1 is 1.53 bits per heavy atom. The second kappa shape index (κ2) is 6.08. The van der Waals surface area contributed by atoms with Gasteiger partial charge in [0.25, 0.3) is 0 Å². The summed E-state index contributed by atoms with van der Waals surface area (Å²) in [7, 11) is 3.69. The van der Waals surface area contributed by atoms with E-state index in [2.05, 4.69) is 31.0 Å². The maximum atomic E-state index is 11.3. The Morgan fingerprint density at radius 3 is 2.40 bits per heavy atom. The van der Waals surface area contributed by atoms with E-state index in [1.165, 1.54) is 0 Å². The molecule has 4 nitrogen and oxygen atoms in total. The molecule has 0 aliphatic heterocycles. The Bertz CT molecular complexity index is 204. The third kappa shape index (κ3) is 4.18. The lowest BCUT2D eigenvalue weighted by Gasteiger charge is -2.40. The molecular weight excluding hydrogens is 190 g/mol. The first kappa shape index (κ1) is 14.4. The van der Waals surface area contributed by atoms with E-state index in [-0.39, 0.29) is 17.5 Å². The lowest BCUT2D eigenvalue weighted by Crippen LogP contribution is -2.51. The van der Waals surface area contributed by atoms with Gasteiger partial charge in [-0.25, -0.2) is 0 Å². The highest BCUT2D eigenvalue weighted by Crippen LogP contribution is 2.20. The second-order valence-corrected chi connectivity index (χ2v) is 4.54. The van der Waals surface area contributed by atoms with Crippen molar-refractivity contribution in [2.24, 2.45) is 5.73 Å².